The molecule has 0 bridgehead atoms. The van der Waals surface area contributed by atoms with E-state index in [-0.39, 0.29) is 17.9 Å². The van der Waals surface area contributed by atoms with Gasteiger partial charge in [-0.3, -0.25) is 4.79 Å². The maximum atomic E-state index is 11.7. The molecule has 1 aliphatic rings. The minimum Gasteiger partial charge on any atom is -0.396 e. The average molecular weight is 226 g/mol. The van der Waals surface area contributed by atoms with Crippen molar-refractivity contribution in [3.8, 4) is 0 Å². The van der Waals surface area contributed by atoms with Crippen LogP contribution in [0.3, 0.4) is 0 Å². The number of nitrogens with one attached hydrogen (secondary N) is 1. The van der Waals surface area contributed by atoms with Gasteiger partial charge in [-0.05, 0) is 19.8 Å². The lowest BCUT2D eigenvalue weighted by Gasteiger charge is -2.11. The van der Waals surface area contributed by atoms with Crippen molar-refractivity contribution in [1.82, 2.24) is 10.3 Å². The Labute approximate surface area is 92.3 Å². The number of nitrogens with zero attached hydrogens (tertiary/aromatic N) is 1. The third-order valence-corrected chi connectivity index (χ3v) is 3.80. The lowest BCUT2D eigenvalue weighted by atomic mass is 10.1. The number of hydrogen-bond donors (Lipinski definition) is 2. The molecule has 0 spiro atoms. The fourth-order valence-electron chi connectivity index (χ4n) is 1.44. The molecule has 1 fully saturated rings. The number of aromatic nitrogens is 1. The molecular formula is C10H14N2O2S. The lowest BCUT2D eigenvalue weighted by Crippen LogP contribution is -2.31. The molecule has 82 valence electrons. The van der Waals surface area contributed by atoms with E-state index >= 15 is 0 Å². The van der Waals surface area contributed by atoms with Gasteiger partial charge < -0.3 is 10.4 Å². The molecule has 0 aromatic carbocycles. The van der Waals surface area contributed by atoms with Crippen molar-refractivity contribution >= 4 is 17.2 Å². The van der Waals surface area contributed by atoms with Crippen molar-refractivity contribution < 1.29 is 9.90 Å². The average Bonchev–Trinajstić information content (AvgIpc) is 2.91. The molecule has 0 saturated heterocycles. The number of aryl methyl sites for hydroxylation is 1. The van der Waals surface area contributed by atoms with Gasteiger partial charge in [-0.25, -0.2) is 4.98 Å². The summed E-state index contributed by atoms with van der Waals surface area (Å²) in [7, 11) is 0. The molecule has 1 aromatic rings. The fourth-order valence-corrected chi connectivity index (χ4v) is 2.15. The summed E-state index contributed by atoms with van der Waals surface area (Å²) in [5.41, 5.74) is 2.41. The number of rotatable bonds is 4. The molecule has 1 saturated carbocycles. The first-order valence-corrected chi connectivity index (χ1v) is 5.84. The van der Waals surface area contributed by atoms with Gasteiger partial charge in [0.05, 0.1) is 17.8 Å². The molecule has 1 amide bonds. The van der Waals surface area contributed by atoms with Crippen LogP contribution in [0.1, 0.15) is 28.2 Å². The number of aliphatic hydroxyl groups excluding tert-OH is 1. The van der Waals surface area contributed by atoms with Crippen LogP contribution in [-0.2, 0) is 0 Å². The first-order valence-electron chi connectivity index (χ1n) is 4.96. The molecule has 5 heteroatoms. The van der Waals surface area contributed by atoms with Crippen LogP contribution in [0.5, 0.6) is 0 Å². The molecule has 1 aliphatic carbocycles. The van der Waals surface area contributed by atoms with E-state index in [9.17, 15) is 4.79 Å². The molecule has 0 aliphatic heterocycles. The molecule has 0 unspecified atom stereocenters. The minimum atomic E-state index is -0.0743. The van der Waals surface area contributed by atoms with Crippen LogP contribution in [0.25, 0.3) is 0 Å². The highest BCUT2D eigenvalue weighted by molar-refractivity contribution is 7.11. The largest absolute Gasteiger partial charge is 0.396 e. The fraction of sp³-hybridized carbons (Fsp3) is 0.600. The van der Waals surface area contributed by atoms with Gasteiger partial charge in [-0.15, -0.1) is 11.3 Å². The van der Waals surface area contributed by atoms with E-state index in [1.807, 2.05) is 6.92 Å². The zero-order valence-electron chi connectivity index (χ0n) is 8.62. The molecule has 2 N–H and O–H groups in total. The van der Waals surface area contributed by atoms with Gasteiger partial charge >= 0.3 is 0 Å². The van der Waals surface area contributed by atoms with Gasteiger partial charge in [-0.2, -0.15) is 0 Å². The Morgan fingerprint density at radius 2 is 2.47 bits per heavy atom. The van der Waals surface area contributed by atoms with E-state index < -0.39 is 0 Å². The number of aliphatic hydroxyl groups is 1. The van der Waals surface area contributed by atoms with Crippen LogP contribution < -0.4 is 5.32 Å². The van der Waals surface area contributed by atoms with Crippen LogP contribution in [0.2, 0.25) is 0 Å². The Morgan fingerprint density at radius 3 is 2.93 bits per heavy atom. The Bertz CT molecular complexity index is 371. The predicted molar refractivity (Wildman–Crippen MR) is 57.9 cm³/mol. The molecule has 0 atom stereocenters. The number of thiazole rings is 1. The van der Waals surface area contributed by atoms with Crippen LogP contribution in [0.15, 0.2) is 5.51 Å². The normalized spacial score (nSPS) is 17.5. The number of amides is 1. The molecular weight excluding hydrogens is 212 g/mol. The van der Waals surface area contributed by atoms with Gasteiger partial charge in [0, 0.05) is 12.0 Å². The van der Waals surface area contributed by atoms with Crippen LogP contribution >= 0.6 is 11.3 Å². The van der Waals surface area contributed by atoms with Crippen molar-refractivity contribution in [2.45, 2.75) is 19.8 Å². The van der Waals surface area contributed by atoms with E-state index in [1.165, 1.54) is 11.3 Å². The summed E-state index contributed by atoms with van der Waals surface area (Å²) in [6.07, 6.45) is 2.01. The Hall–Kier alpha value is -0.940. The van der Waals surface area contributed by atoms with Crippen LogP contribution in [-0.4, -0.2) is 29.1 Å². The Morgan fingerprint density at radius 1 is 1.73 bits per heavy atom. The number of hydrogen-bond acceptors (Lipinski definition) is 4. The third kappa shape index (κ3) is 2.18. The Kier molecular flexibility index (Phi) is 2.75. The van der Waals surface area contributed by atoms with E-state index in [0.717, 1.165) is 18.5 Å². The maximum Gasteiger partial charge on any atom is 0.263 e. The van der Waals surface area contributed by atoms with Gasteiger partial charge in [0.15, 0.2) is 0 Å². The standard InChI is InChI=1S/C10H14N2O2S/c1-7-8(15-6-12-7)9(14)11-4-10(5-13)2-3-10/h6,13H,2-5H2,1H3,(H,11,14). The van der Waals surface area contributed by atoms with E-state index in [1.54, 1.807) is 5.51 Å². The van der Waals surface area contributed by atoms with Gasteiger partial charge in [0.25, 0.3) is 5.91 Å². The number of carbonyl (C=O) groups excluding carboxylic acids is 1. The SMILES string of the molecule is Cc1ncsc1C(=O)NCC1(CO)CC1. The topological polar surface area (TPSA) is 62.2 Å². The molecule has 4 nitrogen and oxygen atoms in total. The van der Waals surface area contributed by atoms with E-state index in [0.29, 0.717) is 11.4 Å². The lowest BCUT2D eigenvalue weighted by molar-refractivity contribution is 0.0938. The number of carbonyl (C=O) groups is 1. The highest BCUT2D eigenvalue weighted by atomic mass is 32.1. The predicted octanol–water partition coefficient (Wildman–Crippen LogP) is 0.954. The summed E-state index contributed by atoms with van der Waals surface area (Å²) in [5.74, 6) is -0.0743. The van der Waals surface area contributed by atoms with Gasteiger partial charge in [-0.1, -0.05) is 0 Å². The zero-order valence-corrected chi connectivity index (χ0v) is 9.43. The summed E-state index contributed by atoms with van der Waals surface area (Å²) >= 11 is 1.35. The van der Waals surface area contributed by atoms with E-state index in [4.69, 9.17) is 5.11 Å². The molecule has 2 rings (SSSR count). The van der Waals surface area contributed by atoms with Crippen LogP contribution in [0, 0.1) is 12.3 Å². The zero-order chi connectivity index (χ0) is 10.9. The van der Waals surface area contributed by atoms with Crippen molar-refractivity contribution in [3.63, 3.8) is 0 Å². The highest BCUT2D eigenvalue weighted by Crippen LogP contribution is 2.44. The van der Waals surface area contributed by atoms with E-state index in [2.05, 4.69) is 10.3 Å². The smallest absolute Gasteiger partial charge is 0.263 e. The quantitative estimate of drug-likeness (QED) is 0.803. The molecule has 1 heterocycles. The summed E-state index contributed by atoms with van der Waals surface area (Å²) < 4.78 is 0. The van der Waals surface area contributed by atoms with Crippen molar-refractivity contribution in [1.29, 1.82) is 0 Å². The minimum absolute atomic E-state index is 0.0335. The second-order valence-corrected chi connectivity index (χ2v) is 4.96. The van der Waals surface area contributed by atoms with Crippen LogP contribution in [0.4, 0.5) is 0 Å². The van der Waals surface area contributed by atoms with Crippen molar-refractivity contribution in [2.75, 3.05) is 13.2 Å². The Balaban J connectivity index is 1.91. The van der Waals surface area contributed by atoms with Gasteiger partial charge in [0.2, 0.25) is 0 Å². The molecule has 15 heavy (non-hydrogen) atoms. The summed E-state index contributed by atoms with van der Waals surface area (Å²) in [6, 6.07) is 0. The highest BCUT2D eigenvalue weighted by Gasteiger charge is 2.42. The first kappa shape index (κ1) is 10.6. The summed E-state index contributed by atoms with van der Waals surface area (Å²) in [4.78, 5) is 16.4. The summed E-state index contributed by atoms with van der Waals surface area (Å²) in [6.45, 7) is 2.55. The second kappa shape index (κ2) is 3.90. The van der Waals surface area contributed by atoms with Crippen molar-refractivity contribution in [3.05, 3.63) is 16.1 Å². The van der Waals surface area contributed by atoms with Gasteiger partial charge in [0.1, 0.15) is 4.88 Å². The van der Waals surface area contributed by atoms with Crippen molar-refractivity contribution in [2.24, 2.45) is 5.41 Å². The monoisotopic (exact) mass is 226 g/mol. The first-order chi connectivity index (χ1) is 7.17. The third-order valence-electron chi connectivity index (χ3n) is 2.87. The maximum absolute atomic E-state index is 11.7. The molecule has 1 aromatic heterocycles. The molecule has 0 radical (unpaired) electrons. The second-order valence-electron chi connectivity index (χ2n) is 4.11. The summed E-state index contributed by atoms with van der Waals surface area (Å²) in [5, 5.41) is 11.9.